The molecular weight excluding hydrogens is 244 g/mol. The molecule has 1 heterocycles. The quantitative estimate of drug-likeness (QED) is 0.868. The second kappa shape index (κ2) is 6.49. The molecule has 2 N–H and O–H groups in total. The first-order valence-corrected chi connectivity index (χ1v) is 5.98. The number of hydrogen-bond donors (Lipinski definition) is 2. The maximum absolute atomic E-state index is 11.6. The summed E-state index contributed by atoms with van der Waals surface area (Å²) in [5, 5.41) is 5.52. The van der Waals surface area contributed by atoms with E-state index in [0.717, 1.165) is 23.4 Å². The maximum atomic E-state index is 11.6. The van der Waals surface area contributed by atoms with Gasteiger partial charge in [-0.05, 0) is 42.3 Å². The predicted molar refractivity (Wildman–Crippen MR) is 72.4 cm³/mol. The highest BCUT2D eigenvalue weighted by Crippen LogP contribution is 2.14. The van der Waals surface area contributed by atoms with Crippen LogP contribution in [0.1, 0.15) is 5.56 Å². The van der Waals surface area contributed by atoms with E-state index < -0.39 is 0 Å². The number of carbonyl (C=O) groups excluding carboxylic acids is 1. The van der Waals surface area contributed by atoms with Crippen LogP contribution in [0.15, 0.2) is 47.3 Å². The van der Waals surface area contributed by atoms with Crippen molar-refractivity contribution in [1.82, 2.24) is 5.32 Å². The van der Waals surface area contributed by atoms with Crippen molar-refractivity contribution in [3.63, 3.8) is 0 Å². The van der Waals surface area contributed by atoms with Crippen LogP contribution >= 0.6 is 0 Å². The lowest BCUT2D eigenvalue weighted by Crippen LogP contribution is -2.30. The molecule has 0 atom stereocenters. The molecule has 0 aliphatic rings. The Labute approximate surface area is 111 Å². The molecule has 100 valence electrons. The van der Waals surface area contributed by atoms with Crippen molar-refractivity contribution in [2.24, 2.45) is 0 Å². The molecule has 2 amide bonds. The highest BCUT2D eigenvalue weighted by atomic mass is 16.5. The maximum Gasteiger partial charge on any atom is 0.319 e. The number of anilines is 1. The first-order chi connectivity index (χ1) is 9.28. The Kier molecular flexibility index (Phi) is 4.44. The van der Waals surface area contributed by atoms with Crippen molar-refractivity contribution < 1.29 is 13.9 Å². The fraction of sp³-hybridized carbons (Fsp3) is 0.214. The fourth-order valence-electron chi connectivity index (χ4n) is 1.60. The van der Waals surface area contributed by atoms with E-state index in [9.17, 15) is 4.79 Å². The highest BCUT2D eigenvalue weighted by Gasteiger charge is 2.02. The third kappa shape index (κ3) is 4.06. The number of amides is 2. The zero-order chi connectivity index (χ0) is 13.5. The summed E-state index contributed by atoms with van der Waals surface area (Å²) in [6.07, 6.45) is 4.03. The summed E-state index contributed by atoms with van der Waals surface area (Å²) in [4.78, 5) is 11.6. The Bertz CT molecular complexity index is 506. The number of methoxy groups -OCH3 is 1. The van der Waals surface area contributed by atoms with E-state index in [0.29, 0.717) is 6.54 Å². The molecule has 1 aromatic carbocycles. The normalized spacial score (nSPS) is 9.95. The lowest BCUT2D eigenvalue weighted by atomic mass is 10.2. The van der Waals surface area contributed by atoms with Gasteiger partial charge in [0.2, 0.25) is 0 Å². The number of carbonyl (C=O) groups is 1. The van der Waals surface area contributed by atoms with Gasteiger partial charge in [-0.3, -0.25) is 0 Å². The molecule has 0 aliphatic carbocycles. The summed E-state index contributed by atoms with van der Waals surface area (Å²) in [5.41, 5.74) is 1.78. The van der Waals surface area contributed by atoms with E-state index in [4.69, 9.17) is 9.15 Å². The minimum absolute atomic E-state index is 0.228. The number of benzene rings is 1. The summed E-state index contributed by atoms with van der Waals surface area (Å²) < 4.78 is 9.99. The van der Waals surface area contributed by atoms with Crippen molar-refractivity contribution in [2.45, 2.75) is 6.42 Å². The Morgan fingerprint density at radius 3 is 2.68 bits per heavy atom. The molecule has 19 heavy (non-hydrogen) atoms. The molecule has 0 saturated carbocycles. The minimum atomic E-state index is -0.228. The minimum Gasteiger partial charge on any atom is -0.497 e. The van der Waals surface area contributed by atoms with Crippen LogP contribution in [0.25, 0.3) is 0 Å². The van der Waals surface area contributed by atoms with Crippen molar-refractivity contribution >= 4 is 11.7 Å². The molecular formula is C14H16N2O3. The molecule has 0 spiro atoms. The Morgan fingerprint density at radius 2 is 2.05 bits per heavy atom. The molecule has 2 rings (SSSR count). The van der Waals surface area contributed by atoms with Crippen LogP contribution in [0, 0.1) is 0 Å². The number of ether oxygens (including phenoxy) is 1. The zero-order valence-corrected chi connectivity index (χ0v) is 10.7. The topological polar surface area (TPSA) is 63.5 Å². The van der Waals surface area contributed by atoms with E-state index in [1.54, 1.807) is 43.9 Å². The predicted octanol–water partition coefficient (Wildman–Crippen LogP) is 2.65. The molecule has 0 radical (unpaired) electrons. The molecule has 0 fully saturated rings. The standard InChI is InChI=1S/C14H16N2O3/c1-18-13-4-2-12(3-5-13)16-14(17)15-8-6-11-7-9-19-10-11/h2-5,7,9-10H,6,8H2,1H3,(H2,15,16,17). The first kappa shape index (κ1) is 13.0. The van der Waals surface area contributed by atoms with Gasteiger partial charge in [-0.1, -0.05) is 0 Å². The monoisotopic (exact) mass is 260 g/mol. The third-order valence-electron chi connectivity index (χ3n) is 2.63. The van der Waals surface area contributed by atoms with Gasteiger partial charge in [0.25, 0.3) is 0 Å². The third-order valence-corrected chi connectivity index (χ3v) is 2.63. The van der Waals surface area contributed by atoms with E-state index >= 15 is 0 Å². The van der Waals surface area contributed by atoms with E-state index in [2.05, 4.69) is 10.6 Å². The SMILES string of the molecule is COc1ccc(NC(=O)NCCc2ccoc2)cc1. The van der Waals surface area contributed by atoms with E-state index in [1.807, 2.05) is 6.07 Å². The molecule has 0 bridgehead atoms. The smallest absolute Gasteiger partial charge is 0.319 e. The van der Waals surface area contributed by atoms with Gasteiger partial charge >= 0.3 is 6.03 Å². The highest BCUT2D eigenvalue weighted by molar-refractivity contribution is 5.89. The summed E-state index contributed by atoms with van der Waals surface area (Å²) in [6, 6.07) is 8.81. The van der Waals surface area contributed by atoms with Gasteiger partial charge in [-0.15, -0.1) is 0 Å². The molecule has 5 heteroatoms. The van der Waals surface area contributed by atoms with Crippen LogP contribution in [-0.2, 0) is 6.42 Å². The second-order valence-corrected chi connectivity index (χ2v) is 3.99. The molecule has 1 aromatic heterocycles. The van der Waals surface area contributed by atoms with Gasteiger partial charge in [0, 0.05) is 12.2 Å². The Morgan fingerprint density at radius 1 is 1.26 bits per heavy atom. The molecule has 0 unspecified atom stereocenters. The zero-order valence-electron chi connectivity index (χ0n) is 10.7. The van der Waals surface area contributed by atoms with Gasteiger partial charge in [-0.2, -0.15) is 0 Å². The van der Waals surface area contributed by atoms with E-state index in [1.165, 1.54) is 0 Å². The summed E-state index contributed by atoms with van der Waals surface area (Å²) >= 11 is 0. The Balaban J connectivity index is 1.74. The average molecular weight is 260 g/mol. The van der Waals surface area contributed by atoms with Crippen LogP contribution in [0.3, 0.4) is 0 Å². The van der Waals surface area contributed by atoms with Gasteiger partial charge in [0.1, 0.15) is 5.75 Å². The molecule has 0 aliphatic heterocycles. The summed E-state index contributed by atoms with van der Waals surface area (Å²) in [5.74, 6) is 0.755. The van der Waals surface area contributed by atoms with Crippen molar-refractivity contribution in [2.75, 3.05) is 19.0 Å². The van der Waals surface area contributed by atoms with Crippen molar-refractivity contribution in [3.05, 3.63) is 48.4 Å². The van der Waals surface area contributed by atoms with Crippen LogP contribution in [0.5, 0.6) is 5.75 Å². The fourth-order valence-corrected chi connectivity index (χ4v) is 1.60. The van der Waals surface area contributed by atoms with Gasteiger partial charge in [0.05, 0.1) is 19.6 Å². The Hall–Kier alpha value is -2.43. The molecule has 0 saturated heterocycles. The van der Waals surface area contributed by atoms with Crippen LogP contribution < -0.4 is 15.4 Å². The second-order valence-electron chi connectivity index (χ2n) is 3.99. The average Bonchev–Trinajstić information content (AvgIpc) is 2.93. The first-order valence-electron chi connectivity index (χ1n) is 5.98. The lowest BCUT2D eigenvalue weighted by Gasteiger charge is -2.07. The van der Waals surface area contributed by atoms with Gasteiger partial charge < -0.3 is 19.8 Å². The number of rotatable bonds is 5. The number of urea groups is 1. The summed E-state index contributed by atoms with van der Waals surface area (Å²) in [6.45, 7) is 0.557. The van der Waals surface area contributed by atoms with Gasteiger partial charge in [0.15, 0.2) is 0 Å². The largest absolute Gasteiger partial charge is 0.497 e. The van der Waals surface area contributed by atoms with Crippen molar-refractivity contribution in [3.8, 4) is 5.75 Å². The summed E-state index contributed by atoms with van der Waals surface area (Å²) in [7, 11) is 1.60. The lowest BCUT2D eigenvalue weighted by molar-refractivity contribution is 0.252. The van der Waals surface area contributed by atoms with E-state index in [-0.39, 0.29) is 6.03 Å². The van der Waals surface area contributed by atoms with Crippen LogP contribution in [0.4, 0.5) is 10.5 Å². The molecule has 2 aromatic rings. The molecule has 5 nitrogen and oxygen atoms in total. The van der Waals surface area contributed by atoms with Crippen LogP contribution in [0.2, 0.25) is 0 Å². The number of furan rings is 1. The van der Waals surface area contributed by atoms with Gasteiger partial charge in [-0.25, -0.2) is 4.79 Å². The number of hydrogen-bond acceptors (Lipinski definition) is 3. The van der Waals surface area contributed by atoms with Crippen molar-refractivity contribution in [1.29, 1.82) is 0 Å². The van der Waals surface area contributed by atoms with Crippen LogP contribution in [-0.4, -0.2) is 19.7 Å². The number of nitrogens with one attached hydrogen (secondary N) is 2.